The Hall–Kier alpha value is -0.960. The molecule has 2 unspecified atom stereocenters. The number of hydrogen-bond acceptors (Lipinski definition) is 2. The molecule has 1 rings (SSSR count). The topological polar surface area (TPSA) is 34.1 Å². The van der Waals surface area contributed by atoms with Crippen molar-refractivity contribution in [2.24, 2.45) is 5.92 Å². The molecule has 2 nitrogen and oxygen atoms in total. The first-order valence-corrected chi connectivity index (χ1v) is 7.27. The second-order valence-corrected chi connectivity index (χ2v) is 6.56. The Labute approximate surface area is 106 Å². The number of aryl methyl sites for hydroxylation is 1. The summed E-state index contributed by atoms with van der Waals surface area (Å²) in [6.07, 6.45) is 0. The van der Waals surface area contributed by atoms with Crippen LogP contribution in [0.1, 0.15) is 36.7 Å². The van der Waals surface area contributed by atoms with Gasteiger partial charge in [0.1, 0.15) is 0 Å². The van der Waals surface area contributed by atoms with Crippen LogP contribution in [0, 0.1) is 12.8 Å². The molecule has 0 aliphatic carbocycles. The molecule has 0 spiro atoms. The Morgan fingerprint density at radius 1 is 1.18 bits per heavy atom. The summed E-state index contributed by atoms with van der Waals surface area (Å²) in [5.74, 6) is 0.431. The van der Waals surface area contributed by atoms with E-state index in [1.165, 1.54) is 0 Å². The van der Waals surface area contributed by atoms with E-state index in [-0.39, 0.29) is 16.8 Å². The molecule has 0 aromatic heterocycles. The normalized spacial score (nSPS) is 14.6. The van der Waals surface area contributed by atoms with Crippen molar-refractivity contribution in [3.8, 4) is 0 Å². The van der Waals surface area contributed by atoms with E-state index in [0.29, 0.717) is 11.5 Å². The number of carbonyl (C=O) groups excluding carboxylic acids is 1. The number of hydrogen-bond donors (Lipinski definition) is 0. The van der Waals surface area contributed by atoms with Gasteiger partial charge in [-0.15, -0.1) is 0 Å². The van der Waals surface area contributed by atoms with Crippen LogP contribution in [0.3, 0.4) is 0 Å². The SMILES string of the molecule is Cc1ccc(C(=O)CS(=O)C(C)C(C)C)cc1. The summed E-state index contributed by atoms with van der Waals surface area (Å²) >= 11 is 0. The van der Waals surface area contributed by atoms with Gasteiger partial charge in [-0.25, -0.2) is 0 Å². The highest BCUT2D eigenvalue weighted by molar-refractivity contribution is 7.86. The summed E-state index contributed by atoms with van der Waals surface area (Å²) in [7, 11) is -1.08. The summed E-state index contributed by atoms with van der Waals surface area (Å²) in [5, 5.41) is 0.0596. The molecule has 0 radical (unpaired) electrons. The van der Waals surface area contributed by atoms with E-state index in [1.807, 2.05) is 39.8 Å². The molecule has 0 saturated heterocycles. The molecule has 0 bridgehead atoms. The quantitative estimate of drug-likeness (QED) is 0.755. The molecule has 0 aliphatic heterocycles. The predicted octanol–water partition coefficient (Wildman–Crippen LogP) is 2.97. The number of ketones is 1. The van der Waals surface area contributed by atoms with Crippen LogP contribution >= 0.6 is 0 Å². The molecular weight excluding hydrogens is 232 g/mol. The monoisotopic (exact) mass is 252 g/mol. The number of Topliss-reactive ketones (excluding diaryl/α,β-unsaturated/α-hetero) is 1. The number of benzene rings is 1. The summed E-state index contributed by atoms with van der Waals surface area (Å²) < 4.78 is 11.9. The van der Waals surface area contributed by atoms with Gasteiger partial charge in [0.2, 0.25) is 0 Å². The lowest BCUT2D eigenvalue weighted by molar-refractivity contribution is 0.102. The van der Waals surface area contributed by atoms with Crippen LogP contribution in [0.15, 0.2) is 24.3 Å². The molecule has 94 valence electrons. The van der Waals surface area contributed by atoms with E-state index >= 15 is 0 Å². The number of rotatable bonds is 5. The predicted molar refractivity (Wildman–Crippen MR) is 72.8 cm³/mol. The van der Waals surface area contributed by atoms with E-state index in [9.17, 15) is 9.00 Å². The molecule has 0 N–H and O–H groups in total. The highest BCUT2D eigenvalue weighted by Crippen LogP contribution is 2.11. The van der Waals surface area contributed by atoms with Crippen LogP contribution in [-0.2, 0) is 10.8 Å². The second-order valence-electron chi connectivity index (χ2n) is 4.76. The Morgan fingerprint density at radius 3 is 2.18 bits per heavy atom. The van der Waals surface area contributed by atoms with Crippen molar-refractivity contribution in [3.05, 3.63) is 35.4 Å². The van der Waals surface area contributed by atoms with Gasteiger partial charge in [0.05, 0.1) is 5.75 Å². The maximum Gasteiger partial charge on any atom is 0.175 e. The van der Waals surface area contributed by atoms with Crippen molar-refractivity contribution in [1.82, 2.24) is 0 Å². The third-order valence-corrected chi connectivity index (χ3v) is 4.92. The van der Waals surface area contributed by atoms with Crippen molar-refractivity contribution in [3.63, 3.8) is 0 Å². The Balaban J connectivity index is 2.67. The van der Waals surface area contributed by atoms with Gasteiger partial charge in [0.25, 0.3) is 0 Å². The van der Waals surface area contributed by atoms with Crippen molar-refractivity contribution in [1.29, 1.82) is 0 Å². The zero-order chi connectivity index (χ0) is 13.0. The van der Waals surface area contributed by atoms with E-state index < -0.39 is 10.8 Å². The molecule has 17 heavy (non-hydrogen) atoms. The summed E-state index contributed by atoms with van der Waals surface area (Å²) in [5.41, 5.74) is 1.78. The Morgan fingerprint density at radius 2 is 1.71 bits per heavy atom. The van der Waals surface area contributed by atoms with Gasteiger partial charge >= 0.3 is 0 Å². The Kier molecular flexibility index (Phi) is 5.06. The van der Waals surface area contributed by atoms with Crippen LogP contribution in [-0.4, -0.2) is 21.0 Å². The summed E-state index contributed by atoms with van der Waals surface area (Å²) in [4.78, 5) is 11.9. The minimum atomic E-state index is -1.08. The summed E-state index contributed by atoms with van der Waals surface area (Å²) in [6, 6.07) is 7.41. The van der Waals surface area contributed by atoms with Gasteiger partial charge < -0.3 is 0 Å². The molecule has 0 saturated carbocycles. The van der Waals surface area contributed by atoms with E-state index in [2.05, 4.69) is 0 Å². The molecule has 1 aromatic rings. The lowest BCUT2D eigenvalue weighted by Crippen LogP contribution is -2.24. The Bertz CT molecular complexity index is 407. The molecule has 1 aromatic carbocycles. The lowest BCUT2D eigenvalue weighted by Gasteiger charge is -2.14. The van der Waals surface area contributed by atoms with Crippen LogP contribution in [0.25, 0.3) is 0 Å². The zero-order valence-electron chi connectivity index (χ0n) is 10.9. The van der Waals surface area contributed by atoms with Crippen LogP contribution in [0.2, 0.25) is 0 Å². The molecule has 0 fully saturated rings. The minimum absolute atomic E-state index is 0.0316. The first-order chi connectivity index (χ1) is 7.91. The maximum absolute atomic E-state index is 11.9. The standard InChI is InChI=1S/C14H20O2S/c1-10(2)12(4)17(16)9-14(15)13-7-5-11(3)6-8-13/h5-8,10,12H,9H2,1-4H3. The van der Waals surface area contributed by atoms with E-state index in [4.69, 9.17) is 0 Å². The van der Waals surface area contributed by atoms with Crippen molar-refractivity contribution in [2.75, 3.05) is 5.75 Å². The minimum Gasteiger partial charge on any atom is -0.293 e. The van der Waals surface area contributed by atoms with Crippen LogP contribution < -0.4 is 0 Å². The maximum atomic E-state index is 11.9. The molecule has 3 heteroatoms. The first kappa shape index (κ1) is 14.1. The van der Waals surface area contributed by atoms with Gasteiger partial charge in [-0.2, -0.15) is 0 Å². The summed E-state index contributed by atoms with van der Waals surface area (Å²) in [6.45, 7) is 7.97. The first-order valence-electron chi connectivity index (χ1n) is 5.89. The van der Waals surface area contributed by atoms with Gasteiger partial charge in [-0.3, -0.25) is 9.00 Å². The van der Waals surface area contributed by atoms with Crippen LogP contribution in [0.5, 0.6) is 0 Å². The van der Waals surface area contributed by atoms with Crippen molar-refractivity contribution in [2.45, 2.75) is 32.9 Å². The largest absolute Gasteiger partial charge is 0.293 e. The highest BCUT2D eigenvalue weighted by atomic mass is 32.2. The molecular formula is C14H20O2S. The molecule has 0 amide bonds. The molecule has 0 heterocycles. The fourth-order valence-electron chi connectivity index (χ4n) is 1.39. The smallest absolute Gasteiger partial charge is 0.175 e. The number of carbonyl (C=O) groups is 1. The second kappa shape index (κ2) is 6.10. The van der Waals surface area contributed by atoms with E-state index in [0.717, 1.165) is 5.56 Å². The van der Waals surface area contributed by atoms with Gasteiger partial charge in [0, 0.05) is 21.6 Å². The fraction of sp³-hybridized carbons (Fsp3) is 0.500. The van der Waals surface area contributed by atoms with Crippen LogP contribution in [0.4, 0.5) is 0 Å². The van der Waals surface area contributed by atoms with Crippen molar-refractivity contribution >= 4 is 16.6 Å². The third-order valence-electron chi connectivity index (χ3n) is 3.00. The third kappa shape index (κ3) is 4.08. The van der Waals surface area contributed by atoms with Gasteiger partial charge in [-0.1, -0.05) is 50.6 Å². The lowest BCUT2D eigenvalue weighted by atomic mass is 10.1. The average molecular weight is 252 g/mol. The van der Waals surface area contributed by atoms with Crippen molar-refractivity contribution < 1.29 is 9.00 Å². The fourth-order valence-corrected chi connectivity index (χ4v) is 2.68. The van der Waals surface area contributed by atoms with Gasteiger partial charge in [0.15, 0.2) is 5.78 Å². The van der Waals surface area contributed by atoms with E-state index in [1.54, 1.807) is 12.1 Å². The van der Waals surface area contributed by atoms with Gasteiger partial charge in [-0.05, 0) is 12.8 Å². The zero-order valence-corrected chi connectivity index (χ0v) is 11.7. The molecule has 2 atom stereocenters. The molecule has 0 aliphatic rings. The highest BCUT2D eigenvalue weighted by Gasteiger charge is 2.18. The average Bonchev–Trinajstić information content (AvgIpc) is 2.28.